The van der Waals surface area contributed by atoms with Crippen LogP contribution in [0.4, 0.5) is 17.6 Å². The van der Waals surface area contributed by atoms with Crippen molar-refractivity contribution in [2.45, 2.75) is 19.0 Å². The zero-order chi connectivity index (χ0) is 13.8. The first-order valence-electron chi connectivity index (χ1n) is 4.60. The summed E-state index contributed by atoms with van der Waals surface area (Å²) in [5.74, 6) is -5.65. The molecular formula is C9H8F4N2O3. The van der Waals surface area contributed by atoms with Crippen LogP contribution in [0.1, 0.15) is 16.1 Å². The van der Waals surface area contributed by atoms with Gasteiger partial charge in [-0.15, -0.1) is 0 Å². The van der Waals surface area contributed by atoms with Gasteiger partial charge in [-0.3, -0.25) is 0 Å². The fourth-order valence-electron chi connectivity index (χ4n) is 0.995. The van der Waals surface area contributed by atoms with Gasteiger partial charge in [-0.1, -0.05) is 0 Å². The van der Waals surface area contributed by atoms with E-state index in [1.54, 1.807) is 0 Å². The number of aromatic nitrogens is 2. The van der Waals surface area contributed by atoms with E-state index in [2.05, 4.69) is 14.7 Å². The van der Waals surface area contributed by atoms with Crippen molar-refractivity contribution < 1.29 is 32.2 Å². The summed E-state index contributed by atoms with van der Waals surface area (Å²) in [5.41, 5.74) is -0.500. The number of nitrogens with zero attached hydrogens (tertiary/aromatic N) is 2. The second-order valence-corrected chi connectivity index (χ2v) is 3.24. The summed E-state index contributed by atoms with van der Waals surface area (Å²) in [5, 5.41) is 8.71. The number of ether oxygens (including phenoxy) is 1. The van der Waals surface area contributed by atoms with Gasteiger partial charge in [-0.25, -0.2) is 23.5 Å². The Labute approximate surface area is 98.4 Å². The number of carbonyl (C=O) groups is 1. The fraction of sp³-hybridized carbons (Fsp3) is 0.444. The van der Waals surface area contributed by atoms with E-state index in [1.165, 1.54) is 0 Å². The lowest BCUT2D eigenvalue weighted by atomic mass is 10.2. The molecule has 0 aliphatic rings. The largest absolute Gasteiger partial charge is 0.478 e. The van der Waals surface area contributed by atoms with Gasteiger partial charge in [0.15, 0.2) is 0 Å². The van der Waals surface area contributed by atoms with Gasteiger partial charge >= 0.3 is 18.3 Å². The second-order valence-electron chi connectivity index (χ2n) is 3.24. The van der Waals surface area contributed by atoms with Gasteiger partial charge < -0.3 is 9.84 Å². The number of rotatable bonds is 6. The molecule has 0 aliphatic carbocycles. The van der Waals surface area contributed by atoms with Gasteiger partial charge in [-0.05, 0) is 0 Å². The SMILES string of the molecule is O=C(O)c1cncnc1COCC(F)(F)C(F)F. The van der Waals surface area contributed by atoms with Crippen LogP contribution < -0.4 is 0 Å². The molecule has 1 aromatic heterocycles. The molecule has 0 saturated heterocycles. The summed E-state index contributed by atoms with van der Waals surface area (Å²) in [4.78, 5) is 17.6. The van der Waals surface area contributed by atoms with Crippen molar-refractivity contribution in [3.05, 3.63) is 23.8 Å². The first kappa shape index (κ1) is 14.3. The highest BCUT2D eigenvalue weighted by Crippen LogP contribution is 2.23. The molecule has 18 heavy (non-hydrogen) atoms. The van der Waals surface area contributed by atoms with Crippen molar-refractivity contribution in [3.63, 3.8) is 0 Å². The molecule has 0 amide bonds. The van der Waals surface area contributed by atoms with E-state index in [1.807, 2.05) is 0 Å². The number of aromatic carboxylic acids is 1. The number of alkyl halides is 4. The van der Waals surface area contributed by atoms with E-state index in [9.17, 15) is 22.4 Å². The summed E-state index contributed by atoms with van der Waals surface area (Å²) in [6, 6.07) is 0. The quantitative estimate of drug-likeness (QED) is 0.793. The van der Waals surface area contributed by atoms with Crippen LogP contribution in [0.2, 0.25) is 0 Å². The highest BCUT2D eigenvalue weighted by atomic mass is 19.3. The molecule has 9 heteroatoms. The molecule has 0 spiro atoms. The van der Waals surface area contributed by atoms with Crippen LogP contribution in [0, 0.1) is 0 Å². The molecule has 100 valence electrons. The van der Waals surface area contributed by atoms with Crippen LogP contribution in [0.25, 0.3) is 0 Å². The van der Waals surface area contributed by atoms with Crippen LogP contribution in [0.5, 0.6) is 0 Å². The normalized spacial score (nSPS) is 11.8. The van der Waals surface area contributed by atoms with Gasteiger partial charge in [0.2, 0.25) is 0 Å². The van der Waals surface area contributed by atoms with E-state index in [0.717, 1.165) is 12.5 Å². The molecule has 5 nitrogen and oxygen atoms in total. The van der Waals surface area contributed by atoms with Gasteiger partial charge in [0.25, 0.3) is 0 Å². The Morgan fingerprint density at radius 1 is 1.50 bits per heavy atom. The average Bonchev–Trinajstić information content (AvgIpc) is 2.29. The number of halogens is 4. The predicted octanol–water partition coefficient (Wildman–Crippen LogP) is 1.59. The molecule has 0 fully saturated rings. The van der Waals surface area contributed by atoms with Crippen molar-refractivity contribution >= 4 is 5.97 Å². The molecule has 0 radical (unpaired) electrons. The van der Waals surface area contributed by atoms with E-state index >= 15 is 0 Å². The van der Waals surface area contributed by atoms with Crippen molar-refractivity contribution in [1.82, 2.24) is 9.97 Å². The number of hydrogen-bond acceptors (Lipinski definition) is 4. The summed E-state index contributed by atoms with van der Waals surface area (Å²) < 4.78 is 52.9. The summed E-state index contributed by atoms with van der Waals surface area (Å²) in [6.07, 6.45) is -1.89. The minimum Gasteiger partial charge on any atom is -0.478 e. The predicted molar refractivity (Wildman–Crippen MR) is 49.6 cm³/mol. The Kier molecular flexibility index (Phi) is 4.54. The molecular weight excluding hydrogens is 260 g/mol. The highest BCUT2D eigenvalue weighted by molar-refractivity contribution is 5.88. The monoisotopic (exact) mass is 268 g/mol. The third kappa shape index (κ3) is 3.62. The van der Waals surface area contributed by atoms with Gasteiger partial charge in [0.1, 0.15) is 18.5 Å². The topological polar surface area (TPSA) is 72.3 Å². The van der Waals surface area contributed by atoms with Crippen molar-refractivity contribution in [2.24, 2.45) is 0 Å². The Hall–Kier alpha value is -1.77. The maximum Gasteiger partial charge on any atom is 0.339 e. The molecule has 1 aromatic rings. The van der Waals surface area contributed by atoms with Crippen molar-refractivity contribution in [2.75, 3.05) is 6.61 Å². The van der Waals surface area contributed by atoms with Crippen molar-refractivity contribution in [3.8, 4) is 0 Å². The number of carboxylic acid groups (broad SMARTS) is 1. The van der Waals surface area contributed by atoms with Gasteiger partial charge in [-0.2, -0.15) is 8.78 Å². The Bertz CT molecular complexity index is 428. The van der Waals surface area contributed by atoms with Crippen LogP contribution in [-0.4, -0.2) is 40.0 Å². The molecule has 0 unspecified atom stereocenters. The second kappa shape index (κ2) is 5.71. The molecule has 1 rings (SSSR count). The molecule has 1 heterocycles. The minimum atomic E-state index is -4.28. The van der Waals surface area contributed by atoms with E-state index in [4.69, 9.17) is 5.11 Å². The first-order valence-corrected chi connectivity index (χ1v) is 4.60. The van der Waals surface area contributed by atoms with E-state index in [0.29, 0.717) is 0 Å². The molecule has 0 atom stereocenters. The Balaban J connectivity index is 2.62. The van der Waals surface area contributed by atoms with Crippen LogP contribution in [0.3, 0.4) is 0 Å². The molecule has 0 bridgehead atoms. The summed E-state index contributed by atoms with van der Waals surface area (Å²) >= 11 is 0. The summed E-state index contributed by atoms with van der Waals surface area (Å²) in [7, 11) is 0. The van der Waals surface area contributed by atoms with Crippen LogP contribution in [-0.2, 0) is 11.3 Å². The molecule has 0 aromatic carbocycles. The maximum absolute atomic E-state index is 12.5. The van der Waals surface area contributed by atoms with E-state index < -0.39 is 31.5 Å². The molecule has 0 aliphatic heterocycles. The van der Waals surface area contributed by atoms with E-state index in [-0.39, 0.29) is 11.3 Å². The minimum absolute atomic E-state index is 0.164. The molecule has 1 N–H and O–H groups in total. The number of carboxylic acids is 1. The third-order valence-electron chi connectivity index (χ3n) is 1.88. The highest BCUT2D eigenvalue weighted by Gasteiger charge is 2.41. The zero-order valence-electron chi connectivity index (χ0n) is 8.82. The molecule has 0 saturated carbocycles. The lowest BCUT2D eigenvalue weighted by Crippen LogP contribution is -2.32. The van der Waals surface area contributed by atoms with Crippen LogP contribution in [0.15, 0.2) is 12.5 Å². The zero-order valence-corrected chi connectivity index (χ0v) is 8.82. The number of hydrogen-bond donors (Lipinski definition) is 1. The Morgan fingerprint density at radius 2 is 2.17 bits per heavy atom. The van der Waals surface area contributed by atoms with Gasteiger partial charge in [0, 0.05) is 6.20 Å². The maximum atomic E-state index is 12.5. The van der Waals surface area contributed by atoms with Crippen LogP contribution >= 0.6 is 0 Å². The average molecular weight is 268 g/mol. The lowest BCUT2D eigenvalue weighted by Gasteiger charge is -2.15. The Morgan fingerprint density at radius 3 is 2.72 bits per heavy atom. The smallest absolute Gasteiger partial charge is 0.339 e. The first-order chi connectivity index (χ1) is 8.34. The van der Waals surface area contributed by atoms with Gasteiger partial charge in [0.05, 0.1) is 12.3 Å². The summed E-state index contributed by atoms with van der Waals surface area (Å²) in [6.45, 7) is -2.14. The standard InChI is InChI=1S/C9H8F4N2O3/c10-8(11)9(12,13)3-18-2-6-5(7(16)17)1-14-4-15-6/h1,4,8H,2-3H2,(H,16,17). The fourth-order valence-corrected chi connectivity index (χ4v) is 0.995. The lowest BCUT2D eigenvalue weighted by molar-refractivity contribution is -0.168. The third-order valence-corrected chi connectivity index (χ3v) is 1.88. The van der Waals surface area contributed by atoms with Crippen molar-refractivity contribution in [1.29, 1.82) is 0 Å².